The fourth-order valence-electron chi connectivity index (χ4n) is 3.52. The monoisotopic (exact) mass is 412 g/mol. The number of para-hydroxylation sites is 1. The highest BCUT2D eigenvalue weighted by molar-refractivity contribution is 7.90. The van der Waals surface area contributed by atoms with Crippen molar-refractivity contribution in [3.05, 3.63) is 71.9 Å². The van der Waals surface area contributed by atoms with Crippen LogP contribution in [0.5, 0.6) is 0 Å². The van der Waals surface area contributed by atoms with E-state index in [0.29, 0.717) is 18.5 Å². The van der Waals surface area contributed by atoms with Crippen molar-refractivity contribution in [3.8, 4) is 16.8 Å². The van der Waals surface area contributed by atoms with Crippen molar-refractivity contribution < 1.29 is 17.9 Å². The van der Waals surface area contributed by atoms with Gasteiger partial charge in [-0.2, -0.15) is 0 Å². The lowest BCUT2D eigenvalue weighted by Crippen LogP contribution is -2.25. The maximum absolute atomic E-state index is 12.9. The number of hydrogen-bond acceptors (Lipinski definition) is 4. The first-order chi connectivity index (χ1) is 13.8. The van der Waals surface area contributed by atoms with Crippen molar-refractivity contribution in [2.75, 3.05) is 19.9 Å². The Kier molecular flexibility index (Phi) is 6.08. The summed E-state index contributed by atoms with van der Waals surface area (Å²) in [6, 6.07) is 18.9. The Morgan fingerprint density at radius 3 is 2.17 bits per heavy atom. The summed E-state index contributed by atoms with van der Waals surface area (Å²) >= 11 is 0. The first-order valence-electron chi connectivity index (χ1n) is 9.21. The van der Waals surface area contributed by atoms with E-state index in [-0.39, 0.29) is 5.03 Å². The van der Waals surface area contributed by atoms with E-state index in [2.05, 4.69) is 10.1 Å². The van der Waals surface area contributed by atoms with Gasteiger partial charge in [0.1, 0.15) is 5.03 Å². The van der Waals surface area contributed by atoms with E-state index >= 15 is 0 Å². The van der Waals surface area contributed by atoms with E-state index in [1.807, 2.05) is 67.6 Å². The van der Waals surface area contributed by atoms with Gasteiger partial charge in [0.25, 0.3) is 0 Å². The van der Waals surface area contributed by atoms with Crippen LogP contribution in [0.1, 0.15) is 11.3 Å². The molecule has 0 atom stereocenters. The number of methoxy groups -OCH3 is 1. The number of carbonyl (C=O) groups is 1. The number of sulfone groups is 1. The highest BCUT2D eigenvalue weighted by atomic mass is 32.2. The molecule has 0 spiro atoms. The van der Waals surface area contributed by atoms with Crippen molar-refractivity contribution in [2.24, 2.45) is 0 Å². The van der Waals surface area contributed by atoms with E-state index in [1.165, 1.54) is 13.4 Å². The average molecular weight is 413 g/mol. The third kappa shape index (κ3) is 4.35. The Balaban J connectivity index is 2.26. The number of aromatic nitrogens is 1. The first kappa shape index (κ1) is 20.7. The van der Waals surface area contributed by atoms with Crippen LogP contribution in [0.4, 0.5) is 4.79 Å². The molecule has 1 amide bonds. The van der Waals surface area contributed by atoms with E-state index in [0.717, 1.165) is 22.5 Å². The van der Waals surface area contributed by atoms with Crippen molar-refractivity contribution in [2.45, 2.75) is 18.4 Å². The van der Waals surface area contributed by atoms with Crippen LogP contribution >= 0.6 is 0 Å². The molecule has 29 heavy (non-hydrogen) atoms. The molecule has 0 unspecified atom stereocenters. The van der Waals surface area contributed by atoms with Crippen LogP contribution in [0, 0.1) is 6.92 Å². The lowest BCUT2D eigenvalue weighted by atomic mass is 10.0. The molecule has 1 aromatic heterocycles. The molecule has 2 aromatic carbocycles. The van der Waals surface area contributed by atoms with E-state index in [9.17, 15) is 13.2 Å². The molecule has 152 valence electrons. The number of nitrogens with zero attached hydrogens (tertiary/aromatic N) is 1. The number of ether oxygens (including phenoxy) is 1. The van der Waals surface area contributed by atoms with Gasteiger partial charge in [0, 0.05) is 29.7 Å². The second-order valence-corrected chi connectivity index (χ2v) is 8.65. The summed E-state index contributed by atoms with van der Waals surface area (Å²) in [6.07, 6.45) is 1.17. The van der Waals surface area contributed by atoms with Gasteiger partial charge in [0.15, 0.2) is 9.84 Å². The highest BCUT2D eigenvalue weighted by Crippen LogP contribution is 2.37. The summed E-state index contributed by atoms with van der Waals surface area (Å²) in [4.78, 5) is 11.5. The van der Waals surface area contributed by atoms with Crippen molar-refractivity contribution in [1.29, 1.82) is 0 Å². The Morgan fingerprint density at radius 1 is 1.03 bits per heavy atom. The molecule has 1 N–H and O–H groups in total. The third-order valence-corrected chi connectivity index (χ3v) is 5.84. The quantitative estimate of drug-likeness (QED) is 0.669. The third-order valence-electron chi connectivity index (χ3n) is 4.75. The molecule has 0 fully saturated rings. The Morgan fingerprint density at radius 2 is 1.62 bits per heavy atom. The van der Waals surface area contributed by atoms with Gasteiger partial charge in [0.2, 0.25) is 0 Å². The number of rotatable bonds is 6. The predicted molar refractivity (Wildman–Crippen MR) is 113 cm³/mol. The van der Waals surface area contributed by atoms with Gasteiger partial charge in [-0.05, 0) is 36.6 Å². The molecule has 0 bridgehead atoms. The Labute approximate surface area is 171 Å². The number of hydrogen-bond donors (Lipinski definition) is 1. The molecule has 3 aromatic rings. The SMILES string of the molecule is COC(=O)NCCc1c(-c2ccccc2)c(S(C)(=O)=O)n(-c2ccccc2)c1C. The standard InChI is InChI=1S/C22H24N2O4S/c1-16-19(14-15-23-22(25)28-2)20(17-10-6-4-7-11-17)21(29(3,26)27)24(16)18-12-8-5-9-13-18/h4-13H,14-15H2,1-3H3,(H,23,25). The van der Waals surface area contributed by atoms with Crippen LogP contribution in [-0.2, 0) is 21.0 Å². The second kappa shape index (κ2) is 8.53. The van der Waals surface area contributed by atoms with Gasteiger partial charge in [-0.25, -0.2) is 13.2 Å². The van der Waals surface area contributed by atoms with Crippen LogP contribution < -0.4 is 5.32 Å². The van der Waals surface area contributed by atoms with Gasteiger partial charge in [-0.3, -0.25) is 0 Å². The maximum Gasteiger partial charge on any atom is 0.406 e. The summed E-state index contributed by atoms with van der Waals surface area (Å²) in [6.45, 7) is 2.23. The summed E-state index contributed by atoms with van der Waals surface area (Å²) < 4.78 is 32.2. The molecule has 6 nitrogen and oxygen atoms in total. The molecule has 7 heteroatoms. The zero-order chi connectivity index (χ0) is 21.0. The lowest BCUT2D eigenvalue weighted by Gasteiger charge is -2.11. The summed E-state index contributed by atoms with van der Waals surface area (Å²) in [7, 11) is -2.25. The number of nitrogens with one attached hydrogen (secondary N) is 1. The summed E-state index contributed by atoms with van der Waals surface area (Å²) in [5.41, 5.74) is 3.95. The predicted octanol–water partition coefficient (Wildman–Crippen LogP) is 3.75. The van der Waals surface area contributed by atoms with E-state index < -0.39 is 15.9 Å². The molecule has 0 saturated carbocycles. The van der Waals surface area contributed by atoms with Gasteiger partial charge in [-0.15, -0.1) is 0 Å². The largest absolute Gasteiger partial charge is 0.453 e. The molecule has 0 aliphatic carbocycles. The maximum atomic E-state index is 12.9. The Hall–Kier alpha value is -3.06. The summed E-state index contributed by atoms with van der Waals surface area (Å²) in [5.74, 6) is 0. The fraction of sp³-hybridized carbons (Fsp3) is 0.227. The lowest BCUT2D eigenvalue weighted by molar-refractivity contribution is 0.171. The molecule has 0 radical (unpaired) electrons. The zero-order valence-corrected chi connectivity index (χ0v) is 17.5. The average Bonchev–Trinajstić information content (AvgIpc) is 3.02. The smallest absolute Gasteiger partial charge is 0.406 e. The number of carbonyl (C=O) groups excluding carboxylic acids is 1. The van der Waals surface area contributed by atoms with Gasteiger partial charge >= 0.3 is 6.09 Å². The fourth-order valence-corrected chi connectivity index (χ4v) is 4.70. The molecule has 0 aliphatic heterocycles. The van der Waals surface area contributed by atoms with Crippen LogP contribution in [-0.4, -0.2) is 39.0 Å². The van der Waals surface area contributed by atoms with E-state index in [1.54, 1.807) is 4.57 Å². The molecule has 0 aliphatic rings. The highest BCUT2D eigenvalue weighted by Gasteiger charge is 2.28. The van der Waals surface area contributed by atoms with Crippen molar-refractivity contribution in [3.63, 3.8) is 0 Å². The molecular weight excluding hydrogens is 388 g/mol. The number of alkyl carbamates (subject to hydrolysis) is 1. The van der Waals surface area contributed by atoms with Gasteiger partial charge in [0.05, 0.1) is 7.11 Å². The second-order valence-electron chi connectivity index (χ2n) is 6.72. The van der Waals surface area contributed by atoms with Gasteiger partial charge < -0.3 is 14.6 Å². The minimum absolute atomic E-state index is 0.250. The van der Waals surface area contributed by atoms with Crippen molar-refractivity contribution >= 4 is 15.9 Å². The first-order valence-corrected chi connectivity index (χ1v) is 11.1. The van der Waals surface area contributed by atoms with E-state index in [4.69, 9.17) is 0 Å². The topological polar surface area (TPSA) is 77.4 Å². The van der Waals surface area contributed by atoms with Crippen LogP contribution in [0.2, 0.25) is 0 Å². The molecule has 3 rings (SSSR count). The molecule has 0 saturated heterocycles. The molecule has 1 heterocycles. The number of benzene rings is 2. The Bertz CT molecular complexity index is 1100. The van der Waals surface area contributed by atoms with Crippen LogP contribution in [0.25, 0.3) is 16.8 Å². The van der Waals surface area contributed by atoms with Crippen LogP contribution in [0.3, 0.4) is 0 Å². The van der Waals surface area contributed by atoms with Crippen molar-refractivity contribution in [1.82, 2.24) is 9.88 Å². The molecular formula is C22H24N2O4S. The minimum Gasteiger partial charge on any atom is -0.453 e. The normalized spacial score (nSPS) is 11.3. The summed E-state index contributed by atoms with van der Waals surface area (Å²) in [5, 5.41) is 2.92. The van der Waals surface area contributed by atoms with Crippen LogP contribution in [0.15, 0.2) is 65.7 Å². The van der Waals surface area contributed by atoms with Gasteiger partial charge in [-0.1, -0.05) is 48.5 Å². The minimum atomic E-state index is -3.56. The number of amides is 1. The zero-order valence-electron chi connectivity index (χ0n) is 16.7.